The molecule has 0 bridgehead atoms. The predicted molar refractivity (Wildman–Crippen MR) is 74.5 cm³/mol. The largest absolute Gasteiger partial charge is 0.507 e. The second-order valence-electron chi connectivity index (χ2n) is 4.76. The van der Waals surface area contributed by atoms with Crippen LogP contribution in [0.5, 0.6) is 5.75 Å². The molecule has 0 fully saturated rings. The van der Waals surface area contributed by atoms with Crippen LogP contribution < -0.4 is 10.9 Å². The predicted octanol–water partition coefficient (Wildman–Crippen LogP) is 1.50. The molecule has 6 nitrogen and oxygen atoms in total. The lowest BCUT2D eigenvalue weighted by atomic mass is 9.88. The van der Waals surface area contributed by atoms with Crippen molar-refractivity contribution in [3.63, 3.8) is 0 Å². The highest BCUT2D eigenvalue weighted by molar-refractivity contribution is 6.31. The molecular formula is C14H10ClNO5. The second kappa shape index (κ2) is 4.34. The minimum absolute atomic E-state index is 0.0893. The standard InChI is InChI=1S/C14H10ClNO5/c1-6-4-10(17)11(12(18)21-6)14(20)8-5-7(15)2-3-9(8)16-13(14)19/h2-5,17,20H,1H3,(H,16,19). The Balaban J connectivity index is 2.35. The summed E-state index contributed by atoms with van der Waals surface area (Å²) in [6.45, 7) is 1.47. The van der Waals surface area contributed by atoms with Crippen LogP contribution in [-0.2, 0) is 10.4 Å². The number of nitrogens with one attached hydrogen (secondary N) is 1. The number of hydrogen-bond acceptors (Lipinski definition) is 5. The third-order valence-corrected chi connectivity index (χ3v) is 3.60. The fraction of sp³-hybridized carbons (Fsp3) is 0.143. The molecule has 1 aromatic carbocycles. The van der Waals surface area contributed by atoms with E-state index in [1.165, 1.54) is 25.1 Å². The average molecular weight is 308 g/mol. The highest BCUT2D eigenvalue weighted by Crippen LogP contribution is 2.43. The van der Waals surface area contributed by atoms with Crippen LogP contribution in [0.25, 0.3) is 0 Å². The van der Waals surface area contributed by atoms with E-state index in [0.29, 0.717) is 5.69 Å². The SMILES string of the molecule is Cc1cc(O)c(C2(O)C(=O)Nc3ccc(Cl)cc32)c(=O)o1. The van der Waals surface area contributed by atoms with E-state index in [0.717, 1.165) is 6.07 Å². The average Bonchev–Trinajstić information content (AvgIpc) is 2.61. The summed E-state index contributed by atoms with van der Waals surface area (Å²) in [7, 11) is 0. The first kappa shape index (κ1) is 13.7. The molecule has 2 aromatic rings. The number of aliphatic hydroxyl groups is 1. The molecule has 21 heavy (non-hydrogen) atoms. The van der Waals surface area contributed by atoms with Gasteiger partial charge in [-0.3, -0.25) is 4.79 Å². The highest BCUT2D eigenvalue weighted by atomic mass is 35.5. The van der Waals surface area contributed by atoms with E-state index in [2.05, 4.69) is 5.32 Å². The second-order valence-corrected chi connectivity index (χ2v) is 5.20. The minimum Gasteiger partial charge on any atom is -0.507 e. The van der Waals surface area contributed by atoms with Crippen molar-refractivity contribution in [3.05, 3.63) is 56.6 Å². The molecule has 1 amide bonds. The maximum absolute atomic E-state index is 12.2. The Morgan fingerprint density at radius 2 is 2.00 bits per heavy atom. The van der Waals surface area contributed by atoms with E-state index >= 15 is 0 Å². The van der Waals surface area contributed by atoms with Crippen molar-refractivity contribution in [2.24, 2.45) is 0 Å². The van der Waals surface area contributed by atoms with Gasteiger partial charge in [0.2, 0.25) is 5.60 Å². The zero-order valence-corrected chi connectivity index (χ0v) is 11.6. The van der Waals surface area contributed by atoms with Gasteiger partial charge < -0.3 is 19.9 Å². The van der Waals surface area contributed by atoms with Crippen molar-refractivity contribution >= 4 is 23.2 Å². The van der Waals surface area contributed by atoms with E-state index < -0.39 is 28.4 Å². The number of aryl methyl sites for hydroxylation is 1. The van der Waals surface area contributed by atoms with Crippen LogP contribution in [0.2, 0.25) is 5.02 Å². The molecule has 1 aliphatic rings. The number of hydrogen-bond donors (Lipinski definition) is 3. The molecule has 1 aliphatic heterocycles. The number of carbonyl (C=O) groups is 1. The van der Waals surface area contributed by atoms with Gasteiger partial charge in [0.05, 0.1) is 0 Å². The summed E-state index contributed by atoms with van der Waals surface area (Å²) in [4.78, 5) is 24.2. The van der Waals surface area contributed by atoms with Crippen LogP contribution in [0.3, 0.4) is 0 Å². The van der Waals surface area contributed by atoms with E-state index in [1.54, 1.807) is 0 Å². The monoisotopic (exact) mass is 307 g/mol. The molecule has 1 aromatic heterocycles. The summed E-state index contributed by atoms with van der Waals surface area (Å²) in [5.41, 5.74) is -3.47. The summed E-state index contributed by atoms with van der Waals surface area (Å²) in [6, 6.07) is 5.54. The zero-order valence-electron chi connectivity index (χ0n) is 10.8. The van der Waals surface area contributed by atoms with Gasteiger partial charge in [0.25, 0.3) is 5.91 Å². The number of anilines is 1. The van der Waals surface area contributed by atoms with Crippen molar-refractivity contribution in [2.45, 2.75) is 12.5 Å². The molecule has 0 radical (unpaired) electrons. The van der Waals surface area contributed by atoms with Crippen molar-refractivity contribution in [1.82, 2.24) is 0 Å². The van der Waals surface area contributed by atoms with Gasteiger partial charge in [0.15, 0.2) is 0 Å². The minimum atomic E-state index is -2.35. The van der Waals surface area contributed by atoms with Crippen LogP contribution in [-0.4, -0.2) is 16.1 Å². The van der Waals surface area contributed by atoms with Crippen molar-refractivity contribution in [3.8, 4) is 5.75 Å². The third-order valence-electron chi connectivity index (χ3n) is 3.36. The fourth-order valence-electron chi connectivity index (χ4n) is 2.44. The normalized spacial score (nSPS) is 20.2. The van der Waals surface area contributed by atoms with Crippen molar-refractivity contribution in [2.75, 3.05) is 5.32 Å². The Hall–Kier alpha value is -2.31. The number of aromatic hydroxyl groups is 1. The lowest BCUT2D eigenvalue weighted by Crippen LogP contribution is -2.39. The van der Waals surface area contributed by atoms with Crippen molar-refractivity contribution < 1.29 is 19.4 Å². The summed E-state index contributed by atoms with van der Waals surface area (Å²) in [5, 5.41) is 23.5. The lowest BCUT2D eigenvalue weighted by molar-refractivity contribution is -0.130. The van der Waals surface area contributed by atoms with Gasteiger partial charge in [0.1, 0.15) is 17.1 Å². The Morgan fingerprint density at radius 3 is 2.67 bits per heavy atom. The fourth-order valence-corrected chi connectivity index (χ4v) is 2.61. The Bertz CT molecular complexity index is 829. The molecule has 0 spiro atoms. The van der Waals surface area contributed by atoms with Gasteiger partial charge in [-0.1, -0.05) is 11.6 Å². The number of rotatable bonds is 1. The third kappa shape index (κ3) is 1.84. The number of amides is 1. The topological polar surface area (TPSA) is 99.8 Å². The van der Waals surface area contributed by atoms with Crippen LogP contribution in [0, 0.1) is 6.92 Å². The number of carbonyl (C=O) groups excluding carboxylic acids is 1. The Labute approximate surface area is 123 Å². The molecule has 108 valence electrons. The lowest BCUT2D eigenvalue weighted by Gasteiger charge is -2.21. The first-order chi connectivity index (χ1) is 9.84. The summed E-state index contributed by atoms with van der Waals surface area (Å²) in [6.07, 6.45) is 0. The molecule has 3 N–H and O–H groups in total. The molecule has 2 heterocycles. The van der Waals surface area contributed by atoms with Gasteiger partial charge >= 0.3 is 5.63 Å². The summed E-state index contributed by atoms with van der Waals surface area (Å²) >= 11 is 5.88. The first-order valence-electron chi connectivity index (χ1n) is 6.02. The van der Waals surface area contributed by atoms with Gasteiger partial charge in [-0.05, 0) is 25.1 Å². The van der Waals surface area contributed by atoms with Gasteiger partial charge in [0, 0.05) is 22.3 Å². The summed E-state index contributed by atoms with van der Waals surface area (Å²) < 4.78 is 4.87. The first-order valence-corrected chi connectivity index (χ1v) is 6.40. The highest BCUT2D eigenvalue weighted by Gasteiger charge is 2.51. The Kier molecular flexibility index (Phi) is 2.82. The molecule has 0 saturated heterocycles. The zero-order chi connectivity index (χ0) is 15.4. The van der Waals surface area contributed by atoms with Crippen LogP contribution in [0.15, 0.2) is 33.5 Å². The smallest absolute Gasteiger partial charge is 0.346 e. The van der Waals surface area contributed by atoms with Gasteiger partial charge in [-0.25, -0.2) is 4.79 Å². The molecule has 1 atom stereocenters. The molecule has 0 saturated carbocycles. The van der Waals surface area contributed by atoms with E-state index in [4.69, 9.17) is 16.0 Å². The van der Waals surface area contributed by atoms with Crippen molar-refractivity contribution in [1.29, 1.82) is 0 Å². The molecule has 1 unspecified atom stereocenters. The maximum Gasteiger partial charge on any atom is 0.346 e. The van der Waals surface area contributed by atoms with Crippen LogP contribution in [0.4, 0.5) is 5.69 Å². The number of fused-ring (bicyclic) bond motifs is 1. The molecule has 7 heteroatoms. The van der Waals surface area contributed by atoms with E-state index in [-0.39, 0.29) is 16.3 Å². The molecule has 3 rings (SSSR count). The number of halogens is 1. The molecule has 0 aliphatic carbocycles. The van der Waals surface area contributed by atoms with Gasteiger partial charge in [-0.2, -0.15) is 0 Å². The van der Waals surface area contributed by atoms with E-state index in [9.17, 15) is 19.8 Å². The van der Waals surface area contributed by atoms with Crippen LogP contribution >= 0.6 is 11.6 Å². The number of benzene rings is 1. The molecular weight excluding hydrogens is 298 g/mol. The van der Waals surface area contributed by atoms with Crippen LogP contribution in [0.1, 0.15) is 16.9 Å². The van der Waals surface area contributed by atoms with E-state index in [1.807, 2.05) is 0 Å². The maximum atomic E-state index is 12.2. The quantitative estimate of drug-likeness (QED) is 0.741. The summed E-state index contributed by atoms with van der Waals surface area (Å²) in [5.74, 6) is -1.21. The Morgan fingerprint density at radius 1 is 1.29 bits per heavy atom. The van der Waals surface area contributed by atoms with Gasteiger partial charge in [-0.15, -0.1) is 0 Å².